The summed E-state index contributed by atoms with van der Waals surface area (Å²) in [5.74, 6) is 1.51. The van der Waals surface area contributed by atoms with E-state index in [4.69, 9.17) is 4.74 Å². The minimum atomic E-state index is 0.0773. The highest BCUT2D eigenvalue weighted by molar-refractivity contribution is 7.99. The number of nitrogens with zero attached hydrogens (tertiary/aromatic N) is 2. The molecule has 144 valence electrons. The van der Waals surface area contributed by atoms with Gasteiger partial charge in [0.2, 0.25) is 0 Å². The first-order valence-corrected chi connectivity index (χ1v) is 10.8. The van der Waals surface area contributed by atoms with Crippen LogP contribution in [0.3, 0.4) is 0 Å². The van der Waals surface area contributed by atoms with E-state index in [9.17, 15) is 10.1 Å². The number of morpholine rings is 1. The Bertz CT molecular complexity index is 902. The van der Waals surface area contributed by atoms with Gasteiger partial charge in [-0.15, -0.1) is 0 Å². The van der Waals surface area contributed by atoms with Crippen LogP contribution in [0.2, 0.25) is 0 Å². The summed E-state index contributed by atoms with van der Waals surface area (Å²) in [7, 11) is 0. The second-order valence-electron chi connectivity index (χ2n) is 7.13. The van der Waals surface area contributed by atoms with Gasteiger partial charge in [-0.1, -0.05) is 42.1 Å². The topological polar surface area (TPSA) is 67.5 Å². The fourth-order valence-corrected chi connectivity index (χ4v) is 4.88. The molecule has 0 amide bonds. The van der Waals surface area contributed by atoms with Gasteiger partial charge in [0.15, 0.2) is 10.8 Å². The number of hydrogen-bond donors (Lipinski definition) is 0. The van der Waals surface area contributed by atoms with Gasteiger partial charge in [0.05, 0.1) is 19.0 Å². The molecule has 2 aromatic rings. The van der Waals surface area contributed by atoms with Crippen LogP contribution in [0, 0.1) is 11.3 Å². The van der Waals surface area contributed by atoms with Crippen LogP contribution in [0.25, 0.3) is 0 Å². The number of aromatic nitrogens is 1. The molecule has 1 aromatic heterocycles. The van der Waals surface area contributed by atoms with Crippen molar-refractivity contribution < 1.29 is 14.5 Å². The summed E-state index contributed by atoms with van der Waals surface area (Å²) < 4.78 is 5.51. The lowest BCUT2D eigenvalue weighted by molar-refractivity contribution is -0.414. The lowest BCUT2D eigenvalue weighted by Crippen LogP contribution is -2.41. The molecule has 6 heteroatoms. The van der Waals surface area contributed by atoms with Crippen LogP contribution < -0.4 is 9.88 Å². The second kappa shape index (κ2) is 8.76. The fraction of sp³-hybridized carbons (Fsp3) is 0.409. The fourth-order valence-electron chi connectivity index (χ4n) is 3.95. The average molecular weight is 395 g/mol. The molecule has 0 saturated carbocycles. The van der Waals surface area contributed by atoms with E-state index in [1.54, 1.807) is 0 Å². The molecule has 0 unspecified atom stereocenters. The van der Waals surface area contributed by atoms with Gasteiger partial charge in [0.1, 0.15) is 24.7 Å². The SMILES string of the molecule is N#Cc1c(SCC(=O)c2ccccc2)[nH+]c(N2CCOCC2)c2c1CCCC2. The molecule has 1 fully saturated rings. The van der Waals surface area contributed by atoms with E-state index < -0.39 is 0 Å². The summed E-state index contributed by atoms with van der Waals surface area (Å²) in [6.45, 7) is 3.14. The summed E-state index contributed by atoms with van der Waals surface area (Å²) in [5, 5.41) is 10.7. The molecule has 2 aliphatic rings. The van der Waals surface area contributed by atoms with Gasteiger partial charge in [-0.3, -0.25) is 9.69 Å². The molecule has 0 bridgehead atoms. The minimum absolute atomic E-state index is 0.0773. The molecule has 2 heterocycles. The Morgan fingerprint density at radius 2 is 1.86 bits per heavy atom. The summed E-state index contributed by atoms with van der Waals surface area (Å²) in [5.41, 5.74) is 3.88. The number of hydrogen-bond acceptors (Lipinski definition) is 5. The third-order valence-corrected chi connectivity index (χ3v) is 6.40. The van der Waals surface area contributed by atoms with Crippen molar-refractivity contribution >= 4 is 23.4 Å². The van der Waals surface area contributed by atoms with Gasteiger partial charge in [0, 0.05) is 11.1 Å². The summed E-state index contributed by atoms with van der Waals surface area (Å²) in [4.78, 5) is 18.4. The molecule has 4 rings (SSSR count). The minimum Gasteiger partial charge on any atom is -0.373 e. The van der Waals surface area contributed by atoms with Gasteiger partial charge in [-0.25, -0.2) is 4.98 Å². The lowest BCUT2D eigenvalue weighted by Gasteiger charge is -2.26. The lowest BCUT2D eigenvalue weighted by atomic mass is 9.89. The number of nitriles is 1. The zero-order valence-electron chi connectivity index (χ0n) is 15.9. The summed E-state index contributed by atoms with van der Waals surface area (Å²) >= 11 is 1.44. The van der Waals surface area contributed by atoms with Gasteiger partial charge < -0.3 is 4.74 Å². The standard InChI is InChI=1S/C22H23N3O2S/c23-14-19-17-8-4-5-9-18(17)21(25-10-12-27-13-11-25)24-22(19)28-15-20(26)16-6-2-1-3-7-16/h1-3,6-7H,4-5,8-13,15H2/p+1. The number of carbonyl (C=O) groups excluding carboxylic acids is 1. The number of pyridine rings is 1. The summed E-state index contributed by atoms with van der Waals surface area (Å²) in [6, 6.07) is 11.7. The number of ketones is 1. The number of benzene rings is 1. The number of fused-ring (bicyclic) bond motifs is 1. The van der Waals surface area contributed by atoms with Crippen molar-refractivity contribution in [3.8, 4) is 6.07 Å². The normalized spacial score (nSPS) is 16.3. The Labute approximate surface area is 169 Å². The predicted octanol–water partition coefficient (Wildman–Crippen LogP) is 3.06. The van der Waals surface area contributed by atoms with Crippen LogP contribution >= 0.6 is 11.8 Å². The van der Waals surface area contributed by atoms with Crippen molar-refractivity contribution in [2.75, 3.05) is 37.0 Å². The molecule has 0 atom stereocenters. The van der Waals surface area contributed by atoms with Crippen molar-refractivity contribution in [3.05, 3.63) is 52.6 Å². The van der Waals surface area contributed by atoms with E-state index in [0.717, 1.165) is 68.4 Å². The smallest absolute Gasteiger partial charge is 0.278 e. The largest absolute Gasteiger partial charge is 0.373 e. The number of anilines is 1. The second-order valence-corrected chi connectivity index (χ2v) is 8.12. The van der Waals surface area contributed by atoms with Gasteiger partial charge in [0.25, 0.3) is 5.82 Å². The molecular weight excluding hydrogens is 370 g/mol. The molecule has 0 radical (unpaired) electrons. The van der Waals surface area contributed by atoms with Crippen molar-refractivity contribution in [1.82, 2.24) is 0 Å². The van der Waals surface area contributed by atoms with Gasteiger partial charge in [-0.05, 0) is 31.2 Å². The Morgan fingerprint density at radius 3 is 2.57 bits per heavy atom. The number of nitrogens with one attached hydrogen (secondary N) is 1. The van der Waals surface area contributed by atoms with E-state index in [-0.39, 0.29) is 5.78 Å². The highest BCUT2D eigenvalue weighted by Crippen LogP contribution is 2.34. The zero-order chi connectivity index (χ0) is 19.3. The molecular formula is C22H24N3O2S+. The average Bonchev–Trinajstić information content (AvgIpc) is 2.77. The van der Waals surface area contributed by atoms with Gasteiger partial charge in [-0.2, -0.15) is 5.26 Å². The molecule has 28 heavy (non-hydrogen) atoms. The monoisotopic (exact) mass is 394 g/mol. The van der Waals surface area contributed by atoms with Crippen LogP contribution in [0.15, 0.2) is 35.4 Å². The number of carbonyl (C=O) groups is 1. The zero-order valence-corrected chi connectivity index (χ0v) is 16.7. The van der Waals surface area contributed by atoms with Crippen molar-refractivity contribution in [3.63, 3.8) is 0 Å². The maximum Gasteiger partial charge on any atom is 0.278 e. The van der Waals surface area contributed by atoms with Crippen LogP contribution in [-0.2, 0) is 17.6 Å². The summed E-state index contributed by atoms with van der Waals surface area (Å²) in [6.07, 6.45) is 4.20. The number of H-pyrrole nitrogens is 1. The first-order valence-electron chi connectivity index (χ1n) is 9.83. The maximum absolute atomic E-state index is 12.5. The van der Waals surface area contributed by atoms with E-state index in [2.05, 4.69) is 16.0 Å². The van der Waals surface area contributed by atoms with Crippen LogP contribution in [0.4, 0.5) is 5.82 Å². The maximum atomic E-state index is 12.5. The van der Waals surface area contributed by atoms with Crippen LogP contribution in [-0.4, -0.2) is 37.8 Å². The highest BCUT2D eigenvalue weighted by atomic mass is 32.2. The molecule has 0 spiro atoms. The van der Waals surface area contributed by atoms with E-state index in [0.29, 0.717) is 11.3 Å². The number of thioether (sulfide) groups is 1. The van der Waals surface area contributed by atoms with Crippen molar-refractivity contribution in [1.29, 1.82) is 5.26 Å². The van der Waals surface area contributed by atoms with Crippen molar-refractivity contribution in [2.24, 2.45) is 0 Å². The van der Waals surface area contributed by atoms with Crippen LogP contribution in [0.1, 0.15) is 39.9 Å². The van der Waals surface area contributed by atoms with E-state index in [1.807, 2.05) is 30.3 Å². The van der Waals surface area contributed by atoms with E-state index >= 15 is 0 Å². The Hall–Kier alpha value is -2.36. The molecule has 5 nitrogen and oxygen atoms in total. The van der Waals surface area contributed by atoms with Crippen molar-refractivity contribution in [2.45, 2.75) is 30.7 Å². The molecule has 1 aliphatic carbocycles. The third-order valence-electron chi connectivity index (χ3n) is 5.40. The number of rotatable bonds is 5. The van der Waals surface area contributed by atoms with Crippen LogP contribution in [0.5, 0.6) is 0 Å². The molecule has 1 aliphatic heterocycles. The first-order chi connectivity index (χ1) is 13.8. The first kappa shape index (κ1) is 19.0. The Balaban J connectivity index is 1.65. The molecule has 1 aromatic carbocycles. The number of Topliss-reactive ketones (excluding diaryl/α,β-unsaturated/α-hetero) is 1. The number of aromatic amines is 1. The van der Waals surface area contributed by atoms with E-state index in [1.165, 1.54) is 22.9 Å². The number of ether oxygens (including phenoxy) is 1. The van der Waals surface area contributed by atoms with Gasteiger partial charge >= 0.3 is 0 Å². The quantitative estimate of drug-likeness (QED) is 0.576. The Morgan fingerprint density at radius 1 is 1.14 bits per heavy atom. The molecule has 1 saturated heterocycles. The Kier molecular flexibility index (Phi) is 5.94. The molecule has 1 N–H and O–H groups in total. The highest BCUT2D eigenvalue weighted by Gasteiger charge is 2.31. The predicted molar refractivity (Wildman–Crippen MR) is 109 cm³/mol. The third kappa shape index (κ3) is 3.91.